The third-order valence-electron chi connectivity index (χ3n) is 3.76. The topological polar surface area (TPSA) is 67.8 Å². The van der Waals surface area contributed by atoms with Gasteiger partial charge >= 0.3 is 0 Å². The van der Waals surface area contributed by atoms with Gasteiger partial charge in [0.25, 0.3) is 0 Å². The number of nitrogens with zero attached hydrogens (tertiary/aromatic N) is 2. The number of aliphatic imine (C=N–C) groups is 1. The first-order chi connectivity index (χ1) is 12.6. The highest BCUT2D eigenvalue weighted by Gasteiger charge is 2.03. The summed E-state index contributed by atoms with van der Waals surface area (Å²) in [5, 5.41) is 6.59. The minimum atomic E-state index is 0.543. The van der Waals surface area contributed by atoms with Crippen LogP contribution in [0.2, 0.25) is 0 Å². The number of methoxy groups -OCH3 is 1. The van der Waals surface area contributed by atoms with Crippen molar-refractivity contribution >= 4 is 5.96 Å². The molecule has 0 bridgehead atoms. The molecule has 0 spiro atoms. The summed E-state index contributed by atoms with van der Waals surface area (Å²) < 4.78 is 10.9. The number of nitrogens with one attached hydrogen (secondary N) is 2. The highest BCUT2D eigenvalue weighted by Crippen LogP contribution is 2.23. The Morgan fingerprint density at radius 1 is 1.15 bits per heavy atom. The maximum Gasteiger partial charge on any atom is 0.219 e. The van der Waals surface area contributed by atoms with Crippen molar-refractivity contribution in [3.63, 3.8) is 0 Å². The summed E-state index contributed by atoms with van der Waals surface area (Å²) in [5.74, 6) is 3.45. The van der Waals surface area contributed by atoms with E-state index in [-0.39, 0.29) is 0 Å². The third kappa shape index (κ3) is 6.63. The van der Waals surface area contributed by atoms with E-state index in [9.17, 15) is 0 Å². The van der Waals surface area contributed by atoms with Crippen molar-refractivity contribution in [3.8, 4) is 17.4 Å². The Labute approximate surface area is 155 Å². The molecule has 2 rings (SSSR count). The van der Waals surface area contributed by atoms with Crippen LogP contribution >= 0.6 is 0 Å². The SMILES string of the molecule is CN=C(NCCC(C)C)NCc1ccc(Oc2cccc(OC)c2)nc1. The summed E-state index contributed by atoms with van der Waals surface area (Å²) in [7, 11) is 3.40. The van der Waals surface area contributed by atoms with Gasteiger partial charge in [0, 0.05) is 38.5 Å². The van der Waals surface area contributed by atoms with Gasteiger partial charge in [-0.3, -0.25) is 4.99 Å². The average molecular weight is 356 g/mol. The van der Waals surface area contributed by atoms with Crippen LogP contribution in [-0.4, -0.2) is 31.6 Å². The second-order valence-electron chi connectivity index (χ2n) is 6.32. The van der Waals surface area contributed by atoms with E-state index in [1.165, 1.54) is 0 Å². The standard InChI is InChI=1S/C20H28N4O2/c1-15(2)10-11-22-20(21-3)24-14-16-8-9-19(23-13-16)26-18-7-5-6-17(12-18)25-4/h5-9,12-13,15H,10-11,14H2,1-4H3,(H2,21,22,24). The zero-order chi connectivity index (χ0) is 18.8. The van der Waals surface area contributed by atoms with Gasteiger partial charge in [-0.1, -0.05) is 26.0 Å². The minimum Gasteiger partial charge on any atom is -0.497 e. The second kappa shape index (κ2) is 10.3. The first kappa shape index (κ1) is 19.6. The fraction of sp³-hybridized carbons (Fsp3) is 0.400. The summed E-state index contributed by atoms with van der Waals surface area (Å²) in [5.41, 5.74) is 1.05. The first-order valence-corrected chi connectivity index (χ1v) is 8.82. The summed E-state index contributed by atoms with van der Waals surface area (Å²) in [4.78, 5) is 8.58. The molecule has 6 nitrogen and oxygen atoms in total. The molecule has 0 aliphatic heterocycles. The lowest BCUT2D eigenvalue weighted by molar-refractivity contribution is 0.407. The molecule has 0 fully saturated rings. The largest absolute Gasteiger partial charge is 0.497 e. The van der Waals surface area contributed by atoms with Crippen molar-refractivity contribution in [1.82, 2.24) is 15.6 Å². The number of rotatable bonds is 8. The highest BCUT2D eigenvalue weighted by molar-refractivity contribution is 5.79. The third-order valence-corrected chi connectivity index (χ3v) is 3.76. The van der Waals surface area contributed by atoms with E-state index in [1.54, 1.807) is 20.4 Å². The number of hydrogen-bond acceptors (Lipinski definition) is 4. The molecule has 2 N–H and O–H groups in total. The second-order valence-corrected chi connectivity index (χ2v) is 6.32. The molecule has 0 radical (unpaired) electrons. The number of guanidine groups is 1. The van der Waals surface area contributed by atoms with Crippen LogP contribution in [0.3, 0.4) is 0 Å². The van der Waals surface area contributed by atoms with E-state index in [1.807, 2.05) is 36.4 Å². The van der Waals surface area contributed by atoms with Gasteiger partial charge in [0.2, 0.25) is 5.88 Å². The maximum atomic E-state index is 5.75. The lowest BCUT2D eigenvalue weighted by Crippen LogP contribution is -2.37. The van der Waals surface area contributed by atoms with Crippen LogP contribution in [0, 0.1) is 5.92 Å². The number of ether oxygens (including phenoxy) is 2. The van der Waals surface area contributed by atoms with Crippen molar-refractivity contribution in [2.24, 2.45) is 10.9 Å². The van der Waals surface area contributed by atoms with E-state index in [0.717, 1.165) is 30.2 Å². The fourth-order valence-corrected chi connectivity index (χ4v) is 2.25. The molecule has 0 aliphatic rings. The van der Waals surface area contributed by atoms with E-state index >= 15 is 0 Å². The Balaban J connectivity index is 1.84. The van der Waals surface area contributed by atoms with Gasteiger partial charge in [-0.2, -0.15) is 0 Å². The van der Waals surface area contributed by atoms with Crippen LogP contribution in [-0.2, 0) is 6.54 Å². The highest BCUT2D eigenvalue weighted by atomic mass is 16.5. The maximum absolute atomic E-state index is 5.75. The number of aromatic nitrogens is 1. The van der Waals surface area contributed by atoms with Gasteiger partial charge in [-0.25, -0.2) is 4.98 Å². The Bertz CT molecular complexity index is 699. The Kier molecular flexibility index (Phi) is 7.74. The fourth-order valence-electron chi connectivity index (χ4n) is 2.25. The smallest absolute Gasteiger partial charge is 0.219 e. The Hall–Kier alpha value is -2.76. The number of benzene rings is 1. The molecular weight excluding hydrogens is 328 g/mol. The van der Waals surface area contributed by atoms with Crippen molar-refractivity contribution in [1.29, 1.82) is 0 Å². The summed E-state index contributed by atoms with van der Waals surface area (Å²) in [6.45, 7) is 5.97. The minimum absolute atomic E-state index is 0.543. The predicted molar refractivity (Wildman–Crippen MR) is 105 cm³/mol. The van der Waals surface area contributed by atoms with Crippen LogP contribution in [0.25, 0.3) is 0 Å². The molecule has 0 atom stereocenters. The number of pyridine rings is 1. The van der Waals surface area contributed by atoms with Gasteiger partial charge < -0.3 is 20.1 Å². The molecule has 1 aromatic heterocycles. The van der Waals surface area contributed by atoms with Crippen molar-refractivity contribution in [3.05, 3.63) is 48.2 Å². The Morgan fingerprint density at radius 3 is 2.62 bits per heavy atom. The molecule has 0 saturated carbocycles. The van der Waals surface area contributed by atoms with Gasteiger partial charge in [0.1, 0.15) is 11.5 Å². The average Bonchev–Trinajstić information content (AvgIpc) is 2.65. The van der Waals surface area contributed by atoms with Crippen LogP contribution < -0.4 is 20.1 Å². The van der Waals surface area contributed by atoms with Crippen LogP contribution in [0.4, 0.5) is 0 Å². The van der Waals surface area contributed by atoms with E-state index in [2.05, 4.69) is 34.5 Å². The number of hydrogen-bond donors (Lipinski definition) is 2. The Morgan fingerprint density at radius 2 is 1.96 bits per heavy atom. The van der Waals surface area contributed by atoms with Crippen molar-refractivity contribution in [2.45, 2.75) is 26.8 Å². The van der Waals surface area contributed by atoms with Crippen LogP contribution in [0.5, 0.6) is 17.4 Å². The van der Waals surface area contributed by atoms with Crippen molar-refractivity contribution < 1.29 is 9.47 Å². The zero-order valence-electron chi connectivity index (χ0n) is 16.0. The zero-order valence-corrected chi connectivity index (χ0v) is 16.0. The van der Waals surface area contributed by atoms with E-state index in [4.69, 9.17) is 9.47 Å². The quantitative estimate of drug-likeness (QED) is 0.559. The monoisotopic (exact) mass is 356 g/mol. The van der Waals surface area contributed by atoms with Gasteiger partial charge in [0.05, 0.1) is 7.11 Å². The summed E-state index contributed by atoms with van der Waals surface area (Å²) >= 11 is 0. The normalized spacial score (nSPS) is 11.3. The van der Waals surface area contributed by atoms with Crippen LogP contribution in [0.1, 0.15) is 25.8 Å². The molecule has 1 heterocycles. The lowest BCUT2D eigenvalue weighted by Gasteiger charge is -2.13. The van der Waals surface area contributed by atoms with Gasteiger partial charge in [-0.05, 0) is 30.0 Å². The van der Waals surface area contributed by atoms with Gasteiger partial charge in [-0.15, -0.1) is 0 Å². The molecule has 140 valence electrons. The summed E-state index contributed by atoms with van der Waals surface area (Å²) in [6, 6.07) is 11.3. The molecule has 0 unspecified atom stereocenters. The van der Waals surface area contributed by atoms with E-state index < -0.39 is 0 Å². The first-order valence-electron chi connectivity index (χ1n) is 8.82. The molecule has 26 heavy (non-hydrogen) atoms. The predicted octanol–water partition coefficient (Wildman–Crippen LogP) is 3.59. The molecule has 1 aromatic carbocycles. The lowest BCUT2D eigenvalue weighted by atomic mass is 10.1. The van der Waals surface area contributed by atoms with E-state index in [0.29, 0.717) is 24.1 Å². The van der Waals surface area contributed by atoms with Gasteiger partial charge in [0.15, 0.2) is 5.96 Å². The molecule has 6 heteroatoms. The molecule has 2 aromatic rings. The summed E-state index contributed by atoms with van der Waals surface area (Å²) in [6.07, 6.45) is 2.91. The molecule has 0 saturated heterocycles. The molecule has 0 aliphatic carbocycles. The molecular formula is C20H28N4O2. The van der Waals surface area contributed by atoms with Crippen molar-refractivity contribution in [2.75, 3.05) is 20.7 Å². The van der Waals surface area contributed by atoms with Crippen LogP contribution in [0.15, 0.2) is 47.6 Å². The molecule has 0 amide bonds.